The number of anilines is 1. The van der Waals surface area contributed by atoms with Crippen molar-refractivity contribution in [3.05, 3.63) is 60.0 Å². The summed E-state index contributed by atoms with van der Waals surface area (Å²) in [6.07, 6.45) is 3.57. The molecule has 1 N–H and O–H groups in total. The highest BCUT2D eigenvalue weighted by molar-refractivity contribution is 6.21. The SMILES string of the molecule is Cc1cc2c(NCC(Cl)c3ccccc3)nccn2n1. The number of hydrogen-bond acceptors (Lipinski definition) is 3. The normalized spacial score (nSPS) is 12.5. The van der Waals surface area contributed by atoms with Crippen molar-refractivity contribution in [1.82, 2.24) is 14.6 Å². The molecule has 0 saturated heterocycles. The molecule has 0 aliphatic carbocycles. The Bertz CT molecular complexity index is 708. The second kappa shape index (κ2) is 5.51. The number of fused-ring (bicyclic) bond motifs is 1. The molecule has 0 spiro atoms. The van der Waals surface area contributed by atoms with Crippen LogP contribution in [0.3, 0.4) is 0 Å². The molecule has 20 heavy (non-hydrogen) atoms. The predicted molar refractivity (Wildman–Crippen MR) is 81.2 cm³/mol. The van der Waals surface area contributed by atoms with Crippen LogP contribution in [0.4, 0.5) is 5.82 Å². The number of benzene rings is 1. The molecule has 2 aromatic heterocycles. The predicted octanol–water partition coefficient (Wildman–Crippen LogP) is 3.43. The molecule has 0 radical (unpaired) electrons. The van der Waals surface area contributed by atoms with E-state index in [1.807, 2.05) is 54.0 Å². The van der Waals surface area contributed by atoms with Crippen LogP contribution in [-0.4, -0.2) is 21.1 Å². The molecule has 5 heteroatoms. The van der Waals surface area contributed by atoms with E-state index in [9.17, 15) is 0 Å². The highest BCUT2D eigenvalue weighted by Gasteiger charge is 2.09. The Morgan fingerprint density at radius 3 is 2.90 bits per heavy atom. The highest BCUT2D eigenvalue weighted by Crippen LogP contribution is 2.21. The van der Waals surface area contributed by atoms with E-state index in [-0.39, 0.29) is 5.38 Å². The van der Waals surface area contributed by atoms with Gasteiger partial charge in [0, 0.05) is 18.9 Å². The van der Waals surface area contributed by atoms with Gasteiger partial charge in [0.25, 0.3) is 0 Å². The number of hydrogen-bond donors (Lipinski definition) is 1. The van der Waals surface area contributed by atoms with Gasteiger partial charge in [-0.15, -0.1) is 11.6 Å². The molecule has 1 atom stereocenters. The fourth-order valence-electron chi connectivity index (χ4n) is 2.15. The molecule has 0 amide bonds. The summed E-state index contributed by atoms with van der Waals surface area (Å²) < 4.78 is 1.82. The van der Waals surface area contributed by atoms with Gasteiger partial charge in [-0.2, -0.15) is 5.10 Å². The lowest BCUT2D eigenvalue weighted by molar-refractivity contribution is 0.913. The molecule has 1 unspecified atom stereocenters. The second-order valence-electron chi connectivity index (χ2n) is 4.65. The van der Waals surface area contributed by atoms with Crippen molar-refractivity contribution < 1.29 is 0 Å². The zero-order valence-electron chi connectivity index (χ0n) is 11.1. The molecule has 2 heterocycles. The summed E-state index contributed by atoms with van der Waals surface area (Å²) in [4.78, 5) is 4.36. The quantitative estimate of drug-likeness (QED) is 0.747. The average molecular weight is 287 g/mol. The van der Waals surface area contributed by atoms with Crippen molar-refractivity contribution in [2.45, 2.75) is 12.3 Å². The first-order valence-corrected chi connectivity index (χ1v) is 6.91. The molecule has 4 nitrogen and oxygen atoms in total. The van der Waals surface area contributed by atoms with Crippen molar-refractivity contribution >= 4 is 22.9 Å². The molecule has 3 aromatic rings. The van der Waals surface area contributed by atoms with Crippen molar-refractivity contribution in [2.75, 3.05) is 11.9 Å². The van der Waals surface area contributed by atoms with Gasteiger partial charge in [0.2, 0.25) is 0 Å². The van der Waals surface area contributed by atoms with Gasteiger partial charge in [0.15, 0.2) is 5.82 Å². The van der Waals surface area contributed by atoms with Crippen LogP contribution >= 0.6 is 11.6 Å². The van der Waals surface area contributed by atoms with Crippen LogP contribution in [0.5, 0.6) is 0 Å². The number of nitrogens with one attached hydrogen (secondary N) is 1. The summed E-state index contributed by atoms with van der Waals surface area (Å²) in [5, 5.41) is 7.56. The Hall–Kier alpha value is -2.07. The van der Waals surface area contributed by atoms with Crippen molar-refractivity contribution in [3.63, 3.8) is 0 Å². The third kappa shape index (κ3) is 2.60. The van der Waals surface area contributed by atoms with Crippen molar-refractivity contribution in [1.29, 1.82) is 0 Å². The van der Waals surface area contributed by atoms with E-state index in [4.69, 9.17) is 11.6 Å². The van der Waals surface area contributed by atoms with Crippen molar-refractivity contribution in [3.8, 4) is 0 Å². The van der Waals surface area contributed by atoms with Gasteiger partial charge >= 0.3 is 0 Å². The van der Waals surface area contributed by atoms with Gasteiger partial charge in [-0.05, 0) is 18.6 Å². The van der Waals surface area contributed by atoms with Crippen molar-refractivity contribution in [2.24, 2.45) is 0 Å². The lowest BCUT2D eigenvalue weighted by Gasteiger charge is -2.12. The van der Waals surface area contributed by atoms with Gasteiger partial charge in [-0.1, -0.05) is 30.3 Å². The maximum atomic E-state index is 6.40. The fraction of sp³-hybridized carbons (Fsp3) is 0.200. The summed E-state index contributed by atoms with van der Waals surface area (Å²) >= 11 is 6.40. The number of rotatable bonds is 4. The summed E-state index contributed by atoms with van der Waals surface area (Å²) in [5.41, 5.74) is 3.02. The second-order valence-corrected chi connectivity index (χ2v) is 5.18. The highest BCUT2D eigenvalue weighted by atomic mass is 35.5. The lowest BCUT2D eigenvalue weighted by Crippen LogP contribution is -2.10. The Balaban J connectivity index is 1.77. The average Bonchev–Trinajstić information content (AvgIpc) is 2.86. The van der Waals surface area contributed by atoms with E-state index in [2.05, 4.69) is 15.4 Å². The maximum Gasteiger partial charge on any atom is 0.152 e. The van der Waals surface area contributed by atoms with Crippen LogP contribution in [0.2, 0.25) is 0 Å². The van der Waals surface area contributed by atoms with Crippen LogP contribution in [0.15, 0.2) is 48.8 Å². The van der Waals surface area contributed by atoms with Crippen LogP contribution < -0.4 is 5.32 Å². The van der Waals surface area contributed by atoms with Crippen LogP contribution in [0.25, 0.3) is 5.52 Å². The first-order valence-electron chi connectivity index (χ1n) is 6.48. The fourth-order valence-corrected chi connectivity index (χ4v) is 2.37. The van der Waals surface area contributed by atoms with Gasteiger partial charge in [0.1, 0.15) is 5.52 Å². The maximum absolute atomic E-state index is 6.40. The monoisotopic (exact) mass is 286 g/mol. The zero-order valence-corrected chi connectivity index (χ0v) is 11.9. The molecule has 3 rings (SSSR count). The van der Waals surface area contributed by atoms with Crippen LogP contribution in [0.1, 0.15) is 16.6 Å². The smallest absolute Gasteiger partial charge is 0.152 e. The third-order valence-corrected chi connectivity index (χ3v) is 3.53. The molecular formula is C15H15ClN4. The van der Waals surface area contributed by atoms with E-state index in [0.717, 1.165) is 22.6 Å². The first kappa shape index (κ1) is 12.9. The molecule has 0 bridgehead atoms. The van der Waals surface area contributed by atoms with E-state index in [1.54, 1.807) is 6.20 Å². The van der Waals surface area contributed by atoms with E-state index < -0.39 is 0 Å². The standard InChI is InChI=1S/C15H15ClN4/c1-11-9-14-15(17-7-8-20(14)19-11)18-10-13(16)12-5-3-2-4-6-12/h2-9,13H,10H2,1H3,(H,17,18). The molecule has 0 aliphatic rings. The molecule has 0 saturated carbocycles. The molecule has 1 aromatic carbocycles. The molecule has 0 fully saturated rings. The minimum atomic E-state index is -0.0951. The number of nitrogens with zero attached hydrogens (tertiary/aromatic N) is 3. The van der Waals surface area contributed by atoms with E-state index in [1.165, 1.54) is 0 Å². The van der Waals surface area contributed by atoms with Crippen LogP contribution in [-0.2, 0) is 0 Å². The number of halogens is 1. The Morgan fingerprint density at radius 1 is 1.30 bits per heavy atom. The Labute approximate surface area is 122 Å². The zero-order chi connectivity index (χ0) is 13.9. The summed E-state index contributed by atoms with van der Waals surface area (Å²) in [6, 6.07) is 12.0. The number of aromatic nitrogens is 3. The van der Waals surface area contributed by atoms with Gasteiger partial charge in [0.05, 0.1) is 11.1 Å². The van der Waals surface area contributed by atoms with E-state index in [0.29, 0.717) is 6.54 Å². The van der Waals surface area contributed by atoms with E-state index >= 15 is 0 Å². The van der Waals surface area contributed by atoms with Gasteiger partial charge in [-0.25, -0.2) is 9.50 Å². The minimum absolute atomic E-state index is 0.0951. The first-order chi connectivity index (χ1) is 9.74. The summed E-state index contributed by atoms with van der Waals surface area (Å²) in [7, 11) is 0. The molecule has 102 valence electrons. The molecule has 0 aliphatic heterocycles. The van der Waals surface area contributed by atoms with Crippen LogP contribution in [0, 0.1) is 6.92 Å². The third-order valence-electron chi connectivity index (χ3n) is 3.12. The van der Waals surface area contributed by atoms with Gasteiger partial charge < -0.3 is 5.32 Å². The summed E-state index contributed by atoms with van der Waals surface area (Å²) in [6.45, 7) is 2.58. The lowest BCUT2D eigenvalue weighted by atomic mass is 10.1. The number of aryl methyl sites for hydroxylation is 1. The Morgan fingerprint density at radius 2 is 2.10 bits per heavy atom. The molecular weight excluding hydrogens is 272 g/mol. The topological polar surface area (TPSA) is 42.2 Å². The Kier molecular flexibility index (Phi) is 3.56. The number of alkyl halides is 1. The minimum Gasteiger partial charge on any atom is -0.366 e. The summed E-state index contributed by atoms with van der Waals surface area (Å²) in [5.74, 6) is 0.801. The largest absolute Gasteiger partial charge is 0.366 e. The van der Waals surface area contributed by atoms with Gasteiger partial charge in [-0.3, -0.25) is 0 Å².